The van der Waals surface area contributed by atoms with Crippen LogP contribution in [0.3, 0.4) is 0 Å². The van der Waals surface area contributed by atoms with Gasteiger partial charge in [-0.2, -0.15) is 0 Å². The van der Waals surface area contributed by atoms with Gasteiger partial charge in [-0.25, -0.2) is 0 Å². The summed E-state index contributed by atoms with van der Waals surface area (Å²) in [6.45, 7) is 13.1. The maximum Gasteiger partial charge on any atom is 0.0207 e. The molecule has 136 valence electrons. The highest BCUT2D eigenvalue weighted by molar-refractivity contribution is 4.81. The third kappa shape index (κ3) is 7.48. The van der Waals surface area contributed by atoms with Crippen LogP contribution in [0, 0.1) is 0 Å². The smallest absolute Gasteiger partial charge is 0.0207 e. The molecule has 2 saturated heterocycles. The molecule has 0 amide bonds. The Labute approximate surface area is 143 Å². The Morgan fingerprint density at radius 1 is 0.870 bits per heavy atom. The summed E-state index contributed by atoms with van der Waals surface area (Å²) in [4.78, 5) is 7.62. The van der Waals surface area contributed by atoms with Crippen molar-refractivity contribution in [1.82, 2.24) is 25.3 Å². The van der Waals surface area contributed by atoms with E-state index >= 15 is 0 Å². The molecule has 2 rings (SSSR count). The maximum atomic E-state index is 3.77. The Bertz CT molecular complexity index is 312. The Hall–Kier alpha value is -0.200. The van der Waals surface area contributed by atoms with Crippen molar-refractivity contribution in [3.63, 3.8) is 0 Å². The summed E-state index contributed by atoms with van der Waals surface area (Å²) >= 11 is 0. The van der Waals surface area contributed by atoms with Gasteiger partial charge in [-0.1, -0.05) is 0 Å². The fourth-order valence-corrected chi connectivity index (χ4v) is 3.58. The summed E-state index contributed by atoms with van der Waals surface area (Å²) in [5, 5.41) is 7.39. The first-order valence-electron chi connectivity index (χ1n) is 9.70. The molecule has 3 unspecified atom stereocenters. The van der Waals surface area contributed by atoms with Crippen molar-refractivity contribution in [2.24, 2.45) is 0 Å². The van der Waals surface area contributed by atoms with Crippen molar-refractivity contribution in [2.75, 3.05) is 73.0 Å². The second kappa shape index (κ2) is 10.6. The number of likely N-dealkylation sites (N-methyl/N-ethyl adjacent to an activating group) is 2. The topological polar surface area (TPSA) is 33.8 Å². The lowest BCUT2D eigenvalue weighted by atomic mass is 10.2. The quantitative estimate of drug-likeness (QED) is 0.684. The van der Waals surface area contributed by atoms with Gasteiger partial charge in [0.05, 0.1) is 0 Å². The summed E-state index contributed by atoms with van der Waals surface area (Å²) in [6, 6.07) is 1.35. The highest BCUT2D eigenvalue weighted by atomic mass is 15.2. The lowest BCUT2D eigenvalue weighted by Gasteiger charge is -2.26. The van der Waals surface area contributed by atoms with E-state index in [0.717, 1.165) is 19.1 Å². The van der Waals surface area contributed by atoms with Gasteiger partial charge >= 0.3 is 0 Å². The van der Waals surface area contributed by atoms with Crippen LogP contribution in [0.1, 0.15) is 32.6 Å². The molecule has 0 aliphatic carbocycles. The summed E-state index contributed by atoms with van der Waals surface area (Å²) in [5.41, 5.74) is 0. The molecule has 2 fully saturated rings. The zero-order valence-corrected chi connectivity index (χ0v) is 15.7. The number of fused-ring (bicyclic) bond motifs is 2. The highest BCUT2D eigenvalue weighted by Crippen LogP contribution is 2.09. The monoisotopic (exact) mass is 325 g/mol. The third-order valence-corrected chi connectivity index (χ3v) is 5.53. The average molecular weight is 326 g/mol. The predicted octanol–water partition coefficient (Wildman–Crippen LogP) is 0.676. The first-order chi connectivity index (χ1) is 11.1. The van der Waals surface area contributed by atoms with Gasteiger partial charge in [0, 0.05) is 38.3 Å². The standard InChI is InChI=1S/C18H39N5/c1-17-15-19-8-6-10-21(2)13-14-23-12-7-18(16-23)20-9-4-5-11-22(17)3/h17-20H,4-16H2,1-3H3. The van der Waals surface area contributed by atoms with Crippen LogP contribution < -0.4 is 10.6 Å². The van der Waals surface area contributed by atoms with Crippen LogP contribution in [0.4, 0.5) is 0 Å². The number of rotatable bonds is 0. The Morgan fingerprint density at radius 2 is 1.74 bits per heavy atom. The van der Waals surface area contributed by atoms with Gasteiger partial charge in [-0.05, 0) is 79.4 Å². The zero-order chi connectivity index (χ0) is 16.5. The van der Waals surface area contributed by atoms with Gasteiger partial charge in [0.2, 0.25) is 0 Å². The first kappa shape index (κ1) is 19.1. The molecule has 2 aliphatic rings. The van der Waals surface area contributed by atoms with Crippen molar-refractivity contribution in [3.8, 4) is 0 Å². The van der Waals surface area contributed by atoms with Crippen molar-refractivity contribution >= 4 is 0 Å². The van der Waals surface area contributed by atoms with Crippen molar-refractivity contribution in [1.29, 1.82) is 0 Å². The summed E-state index contributed by atoms with van der Waals surface area (Å²) in [5.74, 6) is 0. The lowest BCUT2D eigenvalue weighted by Crippen LogP contribution is -2.40. The molecule has 2 heterocycles. The normalized spacial score (nSPS) is 34.8. The van der Waals surface area contributed by atoms with Gasteiger partial charge < -0.3 is 25.3 Å². The van der Waals surface area contributed by atoms with Crippen molar-refractivity contribution in [2.45, 2.75) is 44.7 Å². The van der Waals surface area contributed by atoms with Gasteiger partial charge in [0.1, 0.15) is 0 Å². The van der Waals surface area contributed by atoms with E-state index in [-0.39, 0.29) is 0 Å². The van der Waals surface area contributed by atoms with E-state index in [2.05, 4.69) is 46.4 Å². The molecule has 0 aromatic heterocycles. The molecule has 5 heteroatoms. The molecular formula is C18H39N5. The van der Waals surface area contributed by atoms with Crippen LogP contribution in [0.15, 0.2) is 0 Å². The number of hydrogen-bond acceptors (Lipinski definition) is 5. The van der Waals surface area contributed by atoms with Crippen molar-refractivity contribution in [3.05, 3.63) is 0 Å². The van der Waals surface area contributed by atoms with Gasteiger partial charge in [-0.15, -0.1) is 0 Å². The minimum absolute atomic E-state index is 0.628. The predicted molar refractivity (Wildman–Crippen MR) is 99.2 cm³/mol. The summed E-state index contributed by atoms with van der Waals surface area (Å²) < 4.78 is 0. The minimum Gasteiger partial charge on any atom is -0.315 e. The largest absolute Gasteiger partial charge is 0.315 e. The molecule has 23 heavy (non-hydrogen) atoms. The van der Waals surface area contributed by atoms with E-state index in [1.54, 1.807) is 0 Å². The highest BCUT2D eigenvalue weighted by Gasteiger charge is 2.21. The lowest BCUT2D eigenvalue weighted by molar-refractivity contribution is 0.236. The molecule has 2 N–H and O–H groups in total. The molecule has 2 aliphatic heterocycles. The molecule has 0 aromatic carbocycles. The molecule has 2 bridgehead atoms. The van der Waals surface area contributed by atoms with E-state index in [1.165, 1.54) is 71.5 Å². The van der Waals surface area contributed by atoms with Crippen LogP contribution in [-0.2, 0) is 0 Å². The Balaban J connectivity index is 1.76. The minimum atomic E-state index is 0.628. The molecule has 5 nitrogen and oxygen atoms in total. The summed E-state index contributed by atoms with van der Waals surface area (Å²) in [7, 11) is 4.53. The van der Waals surface area contributed by atoms with Crippen LogP contribution in [0.5, 0.6) is 0 Å². The SMILES string of the molecule is CC1CNCCCN(C)CCN2CCC(C2)NCCCCN1C. The van der Waals surface area contributed by atoms with Gasteiger partial charge in [-0.3, -0.25) is 0 Å². The molecule has 3 atom stereocenters. The fraction of sp³-hybridized carbons (Fsp3) is 1.00. The van der Waals surface area contributed by atoms with E-state index in [1.807, 2.05) is 0 Å². The number of nitrogens with zero attached hydrogens (tertiary/aromatic N) is 3. The maximum absolute atomic E-state index is 3.77. The zero-order valence-electron chi connectivity index (χ0n) is 15.7. The summed E-state index contributed by atoms with van der Waals surface area (Å²) in [6.07, 6.45) is 5.17. The van der Waals surface area contributed by atoms with E-state index < -0.39 is 0 Å². The van der Waals surface area contributed by atoms with Gasteiger partial charge in [0.25, 0.3) is 0 Å². The van der Waals surface area contributed by atoms with Crippen LogP contribution in [0.2, 0.25) is 0 Å². The fourth-order valence-electron chi connectivity index (χ4n) is 3.58. The average Bonchev–Trinajstić information content (AvgIpc) is 2.99. The van der Waals surface area contributed by atoms with E-state index in [9.17, 15) is 0 Å². The molecule has 0 saturated carbocycles. The Morgan fingerprint density at radius 3 is 2.61 bits per heavy atom. The second-order valence-electron chi connectivity index (χ2n) is 7.64. The molecule has 0 aromatic rings. The van der Waals surface area contributed by atoms with Crippen LogP contribution >= 0.6 is 0 Å². The van der Waals surface area contributed by atoms with Gasteiger partial charge in [0.15, 0.2) is 0 Å². The molecular weight excluding hydrogens is 286 g/mol. The Kier molecular flexibility index (Phi) is 8.83. The third-order valence-electron chi connectivity index (χ3n) is 5.53. The van der Waals surface area contributed by atoms with Crippen molar-refractivity contribution < 1.29 is 0 Å². The molecule has 0 radical (unpaired) electrons. The van der Waals surface area contributed by atoms with E-state index in [4.69, 9.17) is 0 Å². The number of nitrogens with one attached hydrogen (secondary N) is 2. The second-order valence-corrected chi connectivity index (χ2v) is 7.64. The van der Waals surface area contributed by atoms with E-state index in [0.29, 0.717) is 6.04 Å². The molecule has 0 spiro atoms. The van der Waals surface area contributed by atoms with Crippen LogP contribution in [0.25, 0.3) is 0 Å². The van der Waals surface area contributed by atoms with Crippen LogP contribution in [-0.4, -0.2) is 99.8 Å². The number of hydrogen-bond donors (Lipinski definition) is 2. The first-order valence-corrected chi connectivity index (χ1v) is 9.70.